The van der Waals surface area contributed by atoms with Crippen molar-refractivity contribution in [2.75, 3.05) is 0 Å². The van der Waals surface area contributed by atoms with Crippen molar-refractivity contribution >= 4 is 11.1 Å². The quantitative estimate of drug-likeness (QED) is 0.862. The van der Waals surface area contributed by atoms with Crippen LogP contribution in [0.4, 0.5) is 0 Å². The van der Waals surface area contributed by atoms with Gasteiger partial charge in [-0.3, -0.25) is 0 Å². The molecule has 2 aromatic carbocycles. The molecule has 0 aromatic heterocycles. The number of phenols is 2. The van der Waals surface area contributed by atoms with Crippen molar-refractivity contribution in [3.05, 3.63) is 71.8 Å². The van der Waals surface area contributed by atoms with Crippen molar-refractivity contribution in [2.45, 2.75) is 6.42 Å². The highest BCUT2D eigenvalue weighted by atomic mass is 16.3. The monoisotopic (exact) mass is 276 g/mol. The van der Waals surface area contributed by atoms with Crippen LogP contribution in [0.2, 0.25) is 0 Å². The molecule has 2 bridgehead atoms. The third-order valence-corrected chi connectivity index (χ3v) is 4.47. The van der Waals surface area contributed by atoms with Crippen LogP contribution in [0.15, 0.2) is 60.7 Å². The van der Waals surface area contributed by atoms with Crippen molar-refractivity contribution in [1.29, 1.82) is 0 Å². The maximum Gasteiger partial charge on any atom is 0.115 e. The molecule has 2 unspecified atom stereocenters. The molecule has 4 rings (SSSR count). The van der Waals surface area contributed by atoms with Crippen LogP contribution in [0, 0.1) is 11.8 Å². The summed E-state index contributed by atoms with van der Waals surface area (Å²) >= 11 is 0. The minimum absolute atomic E-state index is 0.308. The Hall–Kier alpha value is -2.48. The highest BCUT2D eigenvalue weighted by molar-refractivity contribution is 5.84. The number of fused-ring (bicyclic) bond motifs is 2. The Labute approximate surface area is 123 Å². The summed E-state index contributed by atoms with van der Waals surface area (Å²) in [5.41, 5.74) is 5.12. The molecule has 2 atom stereocenters. The maximum atomic E-state index is 9.39. The summed E-state index contributed by atoms with van der Waals surface area (Å²) in [6, 6.07) is 14.9. The van der Waals surface area contributed by atoms with E-state index in [4.69, 9.17) is 0 Å². The van der Waals surface area contributed by atoms with Crippen molar-refractivity contribution in [3.8, 4) is 11.5 Å². The maximum absolute atomic E-state index is 9.39. The largest absolute Gasteiger partial charge is 0.508 e. The normalized spacial score (nSPS) is 23.0. The minimum atomic E-state index is 0.308. The third-order valence-electron chi connectivity index (χ3n) is 4.47. The predicted octanol–water partition coefficient (Wildman–Crippen LogP) is 4.21. The first-order valence-corrected chi connectivity index (χ1v) is 7.23. The van der Waals surface area contributed by atoms with Crippen molar-refractivity contribution in [3.63, 3.8) is 0 Å². The highest BCUT2D eigenvalue weighted by Gasteiger charge is 2.34. The summed E-state index contributed by atoms with van der Waals surface area (Å²) in [7, 11) is 0. The van der Waals surface area contributed by atoms with Gasteiger partial charge in [0.05, 0.1) is 0 Å². The van der Waals surface area contributed by atoms with Crippen LogP contribution in [-0.2, 0) is 0 Å². The summed E-state index contributed by atoms with van der Waals surface area (Å²) in [6.07, 6.45) is 5.82. The van der Waals surface area contributed by atoms with E-state index >= 15 is 0 Å². The van der Waals surface area contributed by atoms with Crippen molar-refractivity contribution in [1.82, 2.24) is 0 Å². The number of benzene rings is 2. The molecular weight excluding hydrogens is 260 g/mol. The molecule has 2 nitrogen and oxygen atoms in total. The fourth-order valence-corrected chi connectivity index (χ4v) is 3.45. The average molecular weight is 276 g/mol. The second-order valence-electron chi connectivity index (χ2n) is 5.79. The number of hydrogen-bond donors (Lipinski definition) is 2. The summed E-state index contributed by atoms with van der Waals surface area (Å²) in [5, 5.41) is 18.8. The number of aromatic hydroxyl groups is 2. The molecule has 21 heavy (non-hydrogen) atoms. The standard InChI is InChI=1S/C19H16O2/c20-16-5-1-12(2-6-16)18-10-15-9-14(18)11-19(15)13-3-7-17(21)8-4-13/h1-8,10-11,14-15,20-21H,9H2. The van der Waals surface area contributed by atoms with Crippen molar-refractivity contribution < 1.29 is 10.2 Å². The SMILES string of the molecule is Oc1ccc(C2=CC3CC2C=C3c2ccc(O)cc2)cc1. The van der Waals surface area contributed by atoms with Crippen LogP contribution in [-0.4, -0.2) is 10.2 Å². The van der Waals surface area contributed by atoms with E-state index in [-0.39, 0.29) is 0 Å². The lowest BCUT2D eigenvalue weighted by Crippen LogP contribution is -1.95. The molecule has 0 amide bonds. The topological polar surface area (TPSA) is 40.5 Å². The molecular formula is C19H16O2. The molecule has 2 N–H and O–H groups in total. The van der Waals surface area contributed by atoms with Crippen LogP contribution >= 0.6 is 0 Å². The Morgan fingerprint density at radius 2 is 1.00 bits per heavy atom. The second kappa shape index (κ2) is 4.52. The van der Waals surface area contributed by atoms with E-state index in [0.29, 0.717) is 23.3 Å². The molecule has 0 saturated heterocycles. The molecule has 0 spiro atoms. The molecule has 0 fully saturated rings. The average Bonchev–Trinajstić information content (AvgIpc) is 3.09. The third kappa shape index (κ3) is 2.04. The van der Waals surface area contributed by atoms with E-state index in [0.717, 1.165) is 6.42 Å². The first kappa shape index (κ1) is 12.3. The Morgan fingerprint density at radius 1 is 0.619 bits per heavy atom. The van der Waals surface area contributed by atoms with Gasteiger partial charge >= 0.3 is 0 Å². The fourth-order valence-electron chi connectivity index (χ4n) is 3.45. The van der Waals surface area contributed by atoms with Crippen LogP contribution in [0.3, 0.4) is 0 Å². The lowest BCUT2D eigenvalue weighted by atomic mass is 9.91. The molecule has 2 aliphatic rings. The molecule has 2 aliphatic carbocycles. The Kier molecular flexibility index (Phi) is 2.64. The van der Waals surface area contributed by atoms with Gasteiger partial charge in [-0.25, -0.2) is 0 Å². The van der Waals surface area contributed by atoms with E-state index < -0.39 is 0 Å². The van der Waals surface area contributed by atoms with Gasteiger partial charge in [0.25, 0.3) is 0 Å². The van der Waals surface area contributed by atoms with Gasteiger partial charge in [0.1, 0.15) is 11.5 Å². The minimum Gasteiger partial charge on any atom is -0.508 e. The molecule has 104 valence electrons. The van der Waals surface area contributed by atoms with E-state index in [2.05, 4.69) is 12.2 Å². The lowest BCUT2D eigenvalue weighted by Gasteiger charge is -2.14. The first-order valence-electron chi connectivity index (χ1n) is 7.23. The second-order valence-corrected chi connectivity index (χ2v) is 5.79. The van der Waals surface area contributed by atoms with Crippen LogP contribution < -0.4 is 0 Å². The molecule has 0 saturated carbocycles. The number of phenolic OH excluding ortho intramolecular Hbond substituents is 2. The van der Waals surface area contributed by atoms with Crippen LogP contribution in [0.1, 0.15) is 17.5 Å². The van der Waals surface area contributed by atoms with Gasteiger partial charge in [0.2, 0.25) is 0 Å². The zero-order chi connectivity index (χ0) is 14.4. The Balaban J connectivity index is 1.63. The van der Waals surface area contributed by atoms with Crippen LogP contribution in [0.5, 0.6) is 11.5 Å². The molecule has 0 heterocycles. The molecule has 2 heteroatoms. The van der Waals surface area contributed by atoms with Gasteiger partial charge in [-0.1, -0.05) is 36.4 Å². The van der Waals surface area contributed by atoms with Crippen molar-refractivity contribution in [2.24, 2.45) is 11.8 Å². The molecule has 2 aromatic rings. The Morgan fingerprint density at radius 3 is 1.33 bits per heavy atom. The van der Waals surface area contributed by atoms with E-state index in [1.165, 1.54) is 22.3 Å². The zero-order valence-electron chi connectivity index (χ0n) is 11.5. The zero-order valence-corrected chi connectivity index (χ0v) is 11.5. The Bertz CT molecular complexity index is 671. The van der Waals surface area contributed by atoms with E-state index in [9.17, 15) is 10.2 Å². The summed E-state index contributed by atoms with van der Waals surface area (Å²) < 4.78 is 0. The number of allylic oxidation sites excluding steroid dienone is 4. The number of rotatable bonds is 2. The number of hydrogen-bond acceptors (Lipinski definition) is 2. The van der Waals surface area contributed by atoms with Gasteiger partial charge in [-0.05, 0) is 53.0 Å². The van der Waals surface area contributed by atoms with Gasteiger partial charge in [0, 0.05) is 11.8 Å². The lowest BCUT2D eigenvalue weighted by molar-refractivity contribution is 0.474. The van der Waals surface area contributed by atoms with E-state index in [1.54, 1.807) is 24.3 Å². The summed E-state index contributed by atoms with van der Waals surface area (Å²) in [5.74, 6) is 1.54. The smallest absolute Gasteiger partial charge is 0.115 e. The predicted molar refractivity (Wildman–Crippen MR) is 83.8 cm³/mol. The molecule has 0 radical (unpaired) electrons. The van der Waals surface area contributed by atoms with Gasteiger partial charge in [-0.2, -0.15) is 0 Å². The van der Waals surface area contributed by atoms with Gasteiger partial charge < -0.3 is 10.2 Å². The highest BCUT2D eigenvalue weighted by Crippen LogP contribution is 2.50. The van der Waals surface area contributed by atoms with Crippen LogP contribution in [0.25, 0.3) is 11.1 Å². The first-order chi connectivity index (χ1) is 10.2. The fraction of sp³-hybridized carbons (Fsp3) is 0.158. The van der Waals surface area contributed by atoms with Gasteiger partial charge in [0.15, 0.2) is 0 Å². The van der Waals surface area contributed by atoms with Gasteiger partial charge in [-0.15, -0.1) is 0 Å². The summed E-state index contributed by atoms with van der Waals surface area (Å²) in [4.78, 5) is 0. The van der Waals surface area contributed by atoms with E-state index in [1.807, 2.05) is 24.3 Å². The summed E-state index contributed by atoms with van der Waals surface area (Å²) in [6.45, 7) is 0. The molecule has 0 aliphatic heterocycles.